The van der Waals surface area contributed by atoms with Crippen LogP contribution >= 0.6 is 0 Å². The molecule has 2 saturated heterocycles. The molecule has 1 amide bonds. The summed E-state index contributed by atoms with van der Waals surface area (Å²) in [4.78, 5) is 26.4. The van der Waals surface area contributed by atoms with Crippen LogP contribution in [0.5, 0.6) is 0 Å². The van der Waals surface area contributed by atoms with Gasteiger partial charge in [0.1, 0.15) is 6.33 Å². The molecule has 0 unspecified atom stereocenters. The number of hydrogen-bond donors (Lipinski definition) is 1. The Balaban J connectivity index is 1.61. The van der Waals surface area contributed by atoms with Crippen LogP contribution in [0.4, 0.5) is 10.5 Å². The van der Waals surface area contributed by atoms with Gasteiger partial charge in [-0.05, 0) is 38.1 Å². The highest BCUT2D eigenvalue weighted by molar-refractivity contribution is 5.85. The molecule has 2 aliphatic heterocycles. The van der Waals surface area contributed by atoms with E-state index in [0.29, 0.717) is 19.0 Å². The molecule has 0 radical (unpaired) electrons. The van der Waals surface area contributed by atoms with Crippen molar-refractivity contribution in [2.75, 3.05) is 51.2 Å². The number of hydrogen-bond acceptors (Lipinski definition) is 5. The molecular weight excluding hydrogens is 330 g/mol. The van der Waals surface area contributed by atoms with Crippen molar-refractivity contribution in [2.45, 2.75) is 18.8 Å². The molecule has 138 valence electrons. The number of likely N-dealkylation sites (N-methyl/N-ethyl adjacent to an activating group) is 1. The van der Waals surface area contributed by atoms with E-state index in [1.807, 2.05) is 0 Å². The molecule has 0 saturated carbocycles. The molecule has 1 aromatic carbocycles. The SMILES string of the molecule is CN1CCN(c2ccc3ncnc(C4CCN(C(=O)O)CC4)c3c2)CC1. The molecule has 2 fully saturated rings. The van der Waals surface area contributed by atoms with E-state index in [4.69, 9.17) is 5.11 Å². The molecule has 2 aliphatic rings. The first-order valence-electron chi connectivity index (χ1n) is 9.28. The van der Waals surface area contributed by atoms with Crippen molar-refractivity contribution in [1.82, 2.24) is 19.8 Å². The number of anilines is 1. The van der Waals surface area contributed by atoms with Crippen LogP contribution in [0.1, 0.15) is 24.5 Å². The normalized spacial score (nSPS) is 19.9. The first-order chi connectivity index (χ1) is 12.6. The zero-order valence-electron chi connectivity index (χ0n) is 15.1. The number of carbonyl (C=O) groups is 1. The van der Waals surface area contributed by atoms with Gasteiger partial charge in [-0.2, -0.15) is 0 Å². The first-order valence-corrected chi connectivity index (χ1v) is 9.28. The second-order valence-corrected chi connectivity index (χ2v) is 7.29. The molecule has 7 nitrogen and oxygen atoms in total. The van der Waals surface area contributed by atoms with Gasteiger partial charge < -0.3 is 19.8 Å². The summed E-state index contributed by atoms with van der Waals surface area (Å²) >= 11 is 0. The highest BCUT2D eigenvalue weighted by atomic mass is 16.4. The van der Waals surface area contributed by atoms with Crippen molar-refractivity contribution < 1.29 is 9.90 Å². The van der Waals surface area contributed by atoms with Gasteiger partial charge in [-0.3, -0.25) is 0 Å². The lowest BCUT2D eigenvalue weighted by molar-refractivity contribution is 0.132. The largest absolute Gasteiger partial charge is 0.465 e. The Labute approximate surface area is 153 Å². The van der Waals surface area contributed by atoms with Crippen LogP contribution < -0.4 is 4.90 Å². The van der Waals surface area contributed by atoms with Gasteiger partial charge in [-0.25, -0.2) is 14.8 Å². The molecule has 0 spiro atoms. The van der Waals surface area contributed by atoms with E-state index in [-0.39, 0.29) is 0 Å². The number of aromatic nitrogens is 2. The van der Waals surface area contributed by atoms with Crippen LogP contribution in [0.15, 0.2) is 24.5 Å². The summed E-state index contributed by atoms with van der Waals surface area (Å²) in [6.07, 6.45) is 2.44. The van der Waals surface area contributed by atoms with E-state index in [1.54, 1.807) is 6.33 Å². The summed E-state index contributed by atoms with van der Waals surface area (Å²) < 4.78 is 0. The summed E-state index contributed by atoms with van der Waals surface area (Å²) in [5.41, 5.74) is 3.26. The van der Waals surface area contributed by atoms with Gasteiger partial charge in [0.25, 0.3) is 0 Å². The number of carboxylic acid groups (broad SMARTS) is 1. The predicted octanol–water partition coefficient (Wildman–Crippen LogP) is 2.24. The second kappa shape index (κ2) is 7.07. The molecule has 2 aromatic rings. The number of amides is 1. The van der Waals surface area contributed by atoms with Crippen LogP contribution in [-0.2, 0) is 0 Å². The van der Waals surface area contributed by atoms with Crippen LogP contribution in [0, 0.1) is 0 Å². The minimum absolute atomic E-state index is 0.291. The van der Waals surface area contributed by atoms with Crippen molar-refractivity contribution in [3.63, 3.8) is 0 Å². The predicted molar refractivity (Wildman–Crippen MR) is 101 cm³/mol. The van der Waals surface area contributed by atoms with Crippen molar-refractivity contribution >= 4 is 22.7 Å². The highest BCUT2D eigenvalue weighted by Gasteiger charge is 2.26. The number of rotatable bonds is 2. The topological polar surface area (TPSA) is 72.8 Å². The Kier molecular flexibility index (Phi) is 4.63. The molecule has 1 aromatic heterocycles. The third-order valence-electron chi connectivity index (χ3n) is 5.67. The van der Waals surface area contributed by atoms with E-state index < -0.39 is 6.09 Å². The molecule has 26 heavy (non-hydrogen) atoms. The summed E-state index contributed by atoms with van der Waals surface area (Å²) in [5, 5.41) is 10.3. The lowest BCUT2D eigenvalue weighted by atomic mass is 9.91. The van der Waals surface area contributed by atoms with E-state index in [9.17, 15) is 4.79 Å². The fraction of sp³-hybridized carbons (Fsp3) is 0.526. The molecule has 4 rings (SSSR count). The smallest absolute Gasteiger partial charge is 0.407 e. The summed E-state index contributed by atoms with van der Waals surface area (Å²) in [6.45, 7) is 5.35. The molecule has 3 heterocycles. The van der Waals surface area contributed by atoms with E-state index in [0.717, 1.165) is 55.6 Å². The van der Waals surface area contributed by atoms with Gasteiger partial charge in [0.05, 0.1) is 11.2 Å². The number of nitrogens with zero attached hydrogens (tertiary/aromatic N) is 5. The number of benzene rings is 1. The fourth-order valence-electron chi connectivity index (χ4n) is 4.00. The number of likely N-dealkylation sites (tertiary alicyclic amines) is 1. The highest BCUT2D eigenvalue weighted by Crippen LogP contribution is 2.32. The number of fused-ring (bicyclic) bond motifs is 1. The zero-order valence-corrected chi connectivity index (χ0v) is 15.1. The van der Waals surface area contributed by atoms with Crippen molar-refractivity contribution in [3.8, 4) is 0 Å². The third kappa shape index (κ3) is 3.31. The zero-order chi connectivity index (χ0) is 18.1. The first kappa shape index (κ1) is 17.0. The van der Waals surface area contributed by atoms with Gasteiger partial charge >= 0.3 is 6.09 Å². The molecule has 0 atom stereocenters. The van der Waals surface area contributed by atoms with Crippen molar-refractivity contribution in [3.05, 3.63) is 30.2 Å². The quantitative estimate of drug-likeness (QED) is 0.891. The summed E-state index contributed by atoms with van der Waals surface area (Å²) in [7, 11) is 2.16. The molecule has 1 N–H and O–H groups in total. The van der Waals surface area contributed by atoms with Gasteiger partial charge in [0, 0.05) is 56.3 Å². The van der Waals surface area contributed by atoms with E-state index in [2.05, 4.69) is 45.0 Å². The Morgan fingerprint density at radius 2 is 1.81 bits per heavy atom. The molecular formula is C19H25N5O2. The fourth-order valence-corrected chi connectivity index (χ4v) is 4.00. The number of piperidine rings is 1. The minimum atomic E-state index is -0.826. The average Bonchev–Trinajstić information content (AvgIpc) is 2.68. The van der Waals surface area contributed by atoms with E-state index >= 15 is 0 Å². The van der Waals surface area contributed by atoms with Crippen LogP contribution in [0.25, 0.3) is 10.9 Å². The van der Waals surface area contributed by atoms with Crippen LogP contribution in [0.2, 0.25) is 0 Å². The summed E-state index contributed by atoms with van der Waals surface area (Å²) in [5.74, 6) is 0.291. The van der Waals surface area contributed by atoms with Gasteiger partial charge in [0.15, 0.2) is 0 Å². The minimum Gasteiger partial charge on any atom is -0.465 e. The second-order valence-electron chi connectivity index (χ2n) is 7.29. The Morgan fingerprint density at radius 1 is 1.08 bits per heavy atom. The molecule has 0 bridgehead atoms. The van der Waals surface area contributed by atoms with E-state index in [1.165, 1.54) is 10.6 Å². The average molecular weight is 355 g/mol. The molecule has 7 heteroatoms. The maximum atomic E-state index is 11.1. The third-order valence-corrected chi connectivity index (χ3v) is 5.67. The number of piperazine rings is 1. The van der Waals surface area contributed by atoms with Gasteiger partial charge in [-0.1, -0.05) is 0 Å². The van der Waals surface area contributed by atoms with Crippen molar-refractivity contribution in [2.24, 2.45) is 0 Å². The van der Waals surface area contributed by atoms with Gasteiger partial charge in [-0.15, -0.1) is 0 Å². The Bertz CT molecular complexity index is 796. The Hall–Kier alpha value is -2.41. The lowest BCUT2D eigenvalue weighted by Gasteiger charge is -2.34. The Morgan fingerprint density at radius 3 is 2.50 bits per heavy atom. The van der Waals surface area contributed by atoms with Crippen LogP contribution in [-0.4, -0.2) is 77.3 Å². The lowest BCUT2D eigenvalue weighted by Crippen LogP contribution is -2.44. The monoisotopic (exact) mass is 355 g/mol. The van der Waals surface area contributed by atoms with Crippen LogP contribution in [0.3, 0.4) is 0 Å². The van der Waals surface area contributed by atoms with Crippen molar-refractivity contribution in [1.29, 1.82) is 0 Å². The summed E-state index contributed by atoms with van der Waals surface area (Å²) in [6, 6.07) is 6.46. The molecule has 0 aliphatic carbocycles. The maximum Gasteiger partial charge on any atom is 0.407 e. The van der Waals surface area contributed by atoms with Gasteiger partial charge in [0.2, 0.25) is 0 Å². The maximum absolute atomic E-state index is 11.1. The standard InChI is InChI=1S/C19H25N5O2/c1-22-8-10-23(11-9-22)15-2-3-17-16(12-15)18(21-13-20-17)14-4-6-24(7-5-14)19(25)26/h2-3,12-14H,4-11H2,1H3,(H,25,26).